The molecule has 0 bridgehead atoms. The Balaban J connectivity index is 2.37. The summed E-state index contributed by atoms with van der Waals surface area (Å²) >= 11 is 5.78. The van der Waals surface area contributed by atoms with E-state index < -0.39 is 0 Å². The van der Waals surface area contributed by atoms with Gasteiger partial charge in [0.05, 0.1) is 14.2 Å². The minimum Gasteiger partial charge on any atom is -0.493 e. The number of rotatable bonds is 4. The molecule has 0 radical (unpaired) electrons. The highest BCUT2D eigenvalue weighted by Gasteiger charge is 2.05. The molecule has 2 aromatic rings. The molecule has 0 heterocycles. The maximum atomic E-state index is 5.78. The Morgan fingerprint density at radius 3 is 2.00 bits per heavy atom. The smallest absolute Gasteiger partial charge is 0.161 e. The van der Waals surface area contributed by atoms with Crippen LogP contribution in [-0.4, -0.2) is 14.2 Å². The minimum atomic E-state index is 0.534. The van der Waals surface area contributed by atoms with Gasteiger partial charge in [-0.3, -0.25) is 0 Å². The van der Waals surface area contributed by atoms with Crippen LogP contribution in [0.1, 0.15) is 5.56 Å². The van der Waals surface area contributed by atoms with Crippen LogP contribution in [0.2, 0.25) is 0 Å². The van der Waals surface area contributed by atoms with E-state index in [9.17, 15) is 0 Å². The molecule has 3 heteroatoms. The van der Waals surface area contributed by atoms with Crippen molar-refractivity contribution in [3.8, 4) is 22.6 Å². The molecule has 2 nitrogen and oxygen atoms in total. The van der Waals surface area contributed by atoms with Gasteiger partial charge in [0.15, 0.2) is 11.5 Å². The Morgan fingerprint density at radius 1 is 0.833 bits per heavy atom. The largest absolute Gasteiger partial charge is 0.493 e. The summed E-state index contributed by atoms with van der Waals surface area (Å²) in [6.07, 6.45) is 0. The number of benzene rings is 2. The first-order valence-electron chi connectivity index (χ1n) is 5.65. The van der Waals surface area contributed by atoms with Gasteiger partial charge in [0.25, 0.3) is 0 Å². The van der Waals surface area contributed by atoms with Crippen LogP contribution in [0, 0.1) is 0 Å². The summed E-state index contributed by atoms with van der Waals surface area (Å²) in [6.45, 7) is 0. The van der Waals surface area contributed by atoms with Crippen LogP contribution < -0.4 is 9.47 Å². The van der Waals surface area contributed by atoms with E-state index >= 15 is 0 Å². The van der Waals surface area contributed by atoms with E-state index in [0.717, 1.165) is 28.2 Å². The molecular weight excluding hydrogens is 248 g/mol. The Hall–Kier alpha value is -1.67. The Kier molecular flexibility index (Phi) is 4.11. The molecular formula is C15H15ClO2. The molecule has 0 aliphatic carbocycles. The molecule has 0 saturated carbocycles. The molecule has 0 unspecified atom stereocenters. The van der Waals surface area contributed by atoms with Gasteiger partial charge in [-0.25, -0.2) is 0 Å². The zero-order valence-corrected chi connectivity index (χ0v) is 11.2. The predicted molar refractivity (Wildman–Crippen MR) is 74.5 cm³/mol. The molecule has 0 spiro atoms. The number of halogens is 1. The van der Waals surface area contributed by atoms with Crippen molar-refractivity contribution in [3.05, 3.63) is 48.0 Å². The van der Waals surface area contributed by atoms with Crippen LogP contribution in [0.3, 0.4) is 0 Å². The van der Waals surface area contributed by atoms with Crippen molar-refractivity contribution in [2.45, 2.75) is 5.88 Å². The molecule has 0 fully saturated rings. The van der Waals surface area contributed by atoms with Crippen molar-refractivity contribution >= 4 is 11.6 Å². The topological polar surface area (TPSA) is 18.5 Å². The van der Waals surface area contributed by atoms with Crippen LogP contribution in [0.4, 0.5) is 0 Å². The normalized spacial score (nSPS) is 10.2. The van der Waals surface area contributed by atoms with Crippen molar-refractivity contribution < 1.29 is 9.47 Å². The number of methoxy groups -OCH3 is 2. The number of hydrogen-bond acceptors (Lipinski definition) is 2. The van der Waals surface area contributed by atoms with Crippen LogP contribution >= 0.6 is 11.6 Å². The standard InChI is InChI=1S/C15H15ClO2/c1-17-14-8-7-13(9-15(14)18-2)12-5-3-11(10-16)4-6-12/h3-9H,10H2,1-2H3. The SMILES string of the molecule is COc1ccc(-c2ccc(CCl)cc2)cc1OC. The van der Waals surface area contributed by atoms with Crippen molar-refractivity contribution in [3.63, 3.8) is 0 Å². The Morgan fingerprint density at radius 2 is 1.44 bits per heavy atom. The second-order valence-electron chi connectivity index (χ2n) is 3.90. The lowest BCUT2D eigenvalue weighted by Crippen LogP contribution is -1.90. The average molecular weight is 263 g/mol. The third-order valence-corrected chi connectivity index (χ3v) is 3.13. The first kappa shape index (κ1) is 12.8. The molecule has 0 amide bonds. The van der Waals surface area contributed by atoms with Crippen LogP contribution in [0.15, 0.2) is 42.5 Å². The second kappa shape index (κ2) is 5.78. The van der Waals surface area contributed by atoms with Gasteiger partial charge >= 0.3 is 0 Å². The van der Waals surface area contributed by atoms with Crippen LogP contribution in [0.5, 0.6) is 11.5 Å². The van der Waals surface area contributed by atoms with Gasteiger partial charge in [0.1, 0.15) is 0 Å². The Bertz CT molecular complexity index is 521. The first-order chi connectivity index (χ1) is 8.78. The predicted octanol–water partition coefficient (Wildman–Crippen LogP) is 4.11. The van der Waals surface area contributed by atoms with Crippen LogP contribution in [0.25, 0.3) is 11.1 Å². The van der Waals surface area contributed by atoms with Gasteiger partial charge < -0.3 is 9.47 Å². The van der Waals surface area contributed by atoms with E-state index in [1.54, 1.807) is 14.2 Å². The number of hydrogen-bond donors (Lipinski definition) is 0. The van der Waals surface area contributed by atoms with Gasteiger partial charge in [-0.2, -0.15) is 0 Å². The maximum absolute atomic E-state index is 5.78. The molecule has 0 saturated heterocycles. The van der Waals surface area contributed by atoms with E-state index in [1.165, 1.54) is 0 Å². The fraction of sp³-hybridized carbons (Fsp3) is 0.200. The lowest BCUT2D eigenvalue weighted by atomic mass is 10.0. The highest BCUT2D eigenvalue weighted by atomic mass is 35.5. The summed E-state index contributed by atoms with van der Waals surface area (Å²) < 4.78 is 10.5. The molecule has 94 valence electrons. The quantitative estimate of drug-likeness (QED) is 0.772. The summed E-state index contributed by atoms with van der Waals surface area (Å²) in [7, 11) is 3.27. The summed E-state index contributed by atoms with van der Waals surface area (Å²) in [6, 6.07) is 14.0. The van der Waals surface area contributed by atoms with E-state index in [-0.39, 0.29) is 0 Å². The second-order valence-corrected chi connectivity index (χ2v) is 4.17. The molecule has 18 heavy (non-hydrogen) atoms. The van der Waals surface area contributed by atoms with Crippen molar-refractivity contribution in [1.29, 1.82) is 0 Å². The molecule has 0 aliphatic heterocycles. The molecule has 0 aromatic heterocycles. The van der Waals surface area contributed by atoms with Crippen molar-refractivity contribution in [2.75, 3.05) is 14.2 Å². The lowest BCUT2D eigenvalue weighted by molar-refractivity contribution is 0.355. The summed E-state index contributed by atoms with van der Waals surface area (Å²) in [4.78, 5) is 0. The molecule has 2 rings (SSSR count). The zero-order valence-electron chi connectivity index (χ0n) is 10.4. The fourth-order valence-electron chi connectivity index (χ4n) is 1.80. The van der Waals surface area contributed by atoms with Gasteiger partial charge in [0, 0.05) is 5.88 Å². The van der Waals surface area contributed by atoms with Gasteiger partial charge in [-0.15, -0.1) is 11.6 Å². The highest BCUT2D eigenvalue weighted by molar-refractivity contribution is 6.17. The number of alkyl halides is 1. The van der Waals surface area contributed by atoms with E-state index in [4.69, 9.17) is 21.1 Å². The number of ether oxygens (including phenoxy) is 2. The molecule has 2 aromatic carbocycles. The van der Waals surface area contributed by atoms with Gasteiger partial charge in [-0.05, 0) is 28.8 Å². The highest BCUT2D eigenvalue weighted by Crippen LogP contribution is 2.32. The van der Waals surface area contributed by atoms with Crippen molar-refractivity contribution in [2.24, 2.45) is 0 Å². The maximum Gasteiger partial charge on any atom is 0.161 e. The Labute approximate surface area is 112 Å². The molecule has 0 atom stereocenters. The summed E-state index contributed by atoms with van der Waals surface area (Å²) in [5.74, 6) is 2.00. The first-order valence-corrected chi connectivity index (χ1v) is 6.19. The minimum absolute atomic E-state index is 0.534. The average Bonchev–Trinajstić information content (AvgIpc) is 2.46. The van der Waals surface area contributed by atoms with E-state index in [0.29, 0.717) is 5.88 Å². The molecule has 0 aliphatic rings. The van der Waals surface area contributed by atoms with E-state index in [2.05, 4.69) is 12.1 Å². The third-order valence-electron chi connectivity index (χ3n) is 2.83. The van der Waals surface area contributed by atoms with Gasteiger partial charge in [-0.1, -0.05) is 30.3 Å². The van der Waals surface area contributed by atoms with Crippen LogP contribution in [-0.2, 0) is 5.88 Å². The zero-order chi connectivity index (χ0) is 13.0. The third kappa shape index (κ3) is 2.59. The summed E-state index contributed by atoms with van der Waals surface area (Å²) in [5, 5.41) is 0. The fourth-order valence-corrected chi connectivity index (χ4v) is 1.98. The molecule has 0 N–H and O–H groups in total. The monoisotopic (exact) mass is 262 g/mol. The summed E-state index contributed by atoms with van der Waals surface area (Å²) in [5.41, 5.74) is 3.33. The lowest BCUT2D eigenvalue weighted by Gasteiger charge is -2.10. The van der Waals surface area contributed by atoms with Gasteiger partial charge in [0.2, 0.25) is 0 Å². The van der Waals surface area contributed by atoms with E-state index in [1.807, 2.05) is 30.3 Å². The van der Waals surface area contributed by atoms with Crippen molar-refractivity contribution in [1.82, 2.24) is 0 Å².